The number of rotatable bonds is 2. The predicted octanol–water partition coefficient (Wildman–Crippen LogP) is 1.70. The third-order valence-electron chi connectivity index (χ3n) is 4.82. The molecular weight excluding hydrogens is 328 g/mol. The molecule has 130 valence electrons. The molecule has 0 radical (unpaired) electrons. The Kier molecular flexibility index (Phi) is 3.41. The van der Waals surface area contributed by atoms with Gasteiger partial charge in [-0.3, -0.25) is 0 Å². The van der Waals surface area contributed by atoms with Crippen LogP contribution in [0.15, 0.2) is 43.1 Å². The summed E-state index contributed by atoms with van der Waals surface area (Å²) in [5.41, 5.74) is 3.14. The van der Waals surface area contributed by atoms with Crippen LogP contribution in [0.1, 0.15) is 5.69 Å². The number of fused-ring (bicyclic) bond motifs is 2. The van der Waals surface area contributed by atoms with Crippen molar-refractivity contribution in [3.8, 4) is 0 Å². The Morgan fingerprint density at radius 1 is 0.923 bits per heavy atom. The molecule has 0 bridgehead atoms. The molecule has 8 nitrogen and oxygen atoms in total. The topological polar surface area (TPSA) is 75.3 Å². The molecule has 4 aromatic rings. The summed E-state index contributed by atoms with van der Waals surface area (Å²) in [5, 5.41) is 5.39. The number of hydrogen-bond acceptors (Lipinski definition) is 7. The van der Waals surface area contributed by atoms with Crippen molar-refractivity contribution in [1.82, 2.24) is 29.5 Å². The average molecular weight is 346 g/mol. The lowest BCUT2D eigenvalue weighted by molar-refractivity contribution is 0.638. The first-order chi connectivity index (χ1) is 12.8. The van der Waals surface area contributed by atoms with Gasteiger partial charge in [-0.25, -0.2) is 15.0 Å². The highest BCUT2D eigenvalue weighted by Gasteiger charge is 2.20. The van der Waals surface area contributed by atoms with Crippen LogP contribution in [-0.2, 0) is 0 Å². The van der Waals surface area contributed by atoms with Crippen LogP contribution < -0.4 is 9.80 Å². The Morgan fingerprint density at radius 3 is 2.65 bits per heavy atom. The number of anilines is 2. The molecule has 0 N–H and O–H groups in total. The Labute approximate surface area is 150 Å². The molecule has 0 unspecified atom stereocenters. The van der Waals surface area contributed by atoms with E-state index in [2.05, 4.69) is 59.1 Å². The van der Waals surface area contributed by atoms with Gasteiger partial charge in [-0.2, -0.15) is 14.6 Å². The number of nitrogens with zero attached hydrogens (tertiary/aromatic N) is 8. The smallest absolute Gasteiger partial charge is 0.254 e. The highest BCUT2D eigenvalue weighted by atomic mass is 15.4. The average Bonchev–Trinajstić information content (AvgIpc) is 3.15. The number of aryl methyl sites for hydroxylation is 1. The lowest BCUT2D eigenvalue weighted by atomic mass is 10.2. The molecule has 0 aliphatic carbocycles. The van der Waals surface area contributed by atoms with Crippen molar-refractivity contribution in [2.75, 3.05) is 36.0 Å². The molecule has 4 heterocycles. The molecule has 3 aromatic heterocycles. The second kappa shape index (κ2) is 5.91. The van der Waals surface area contributed by atoms with Gasteiger partial charge in [-0.15, -0.1) is 0 Å². The van der Waals surface area contributed by atoms with Crippen molar-refractivity contribution in [2.24, 2.45) is 0 Å². The lowest BCUT2D eigenvalue weighted by Crippen LogP contribution is -2.47. The first kappa shape index (κ1) is 15.0. The molecule has 0 amide bonds. The van der Waals surface area contributed by atoms with Crippen LogP contribution in [0.5, 0.6) is 0 Å². The standard InChI is InChI=1S/C18H18N8/c1-13-8-17(26-18(23-13)21-12-22-26)25-6-4-24(5-7-25)15-2-3-16-14(9-15)10-19-11-20-16/h2-3,8-12H,4-7H2,1H3. The summed E-state index contributed by atoms with van der Waals surface area (Å²) in [4.78, 5) is 21.8. The Morgan fingerprint density at radius 2 is 1.77 bits per heavy atom. The Balaban J connectivity index is 1.39. The normalized spacial score (nSPS) is 15.1. The number of aromatic nitrogens is 6. The zero-order valence-corrected chi connectivity index (χ0v) is 14.4. The SMILES string of the molecule is Cc1cc(N2CCN(c3ccc4ncncc4c3)CC2)n2ncnc2n1. The number of benzene rings is 1. The summed E-state index contributed by atoms with van der Waals surface area (Å²) in [6.45, 7) is 5.71. The van der Waals surface area contributed by atoms with Crippen molar-refractivity contribution in [2.45, 2.75) is 6.92 Å². The maximum atomic E-state index is 4.42. The van der Waals surface area contributed by atoms with Gasteiger partial charge in [0.15, 0.2) is 0 Å². The molecule has 26 heavy (non-hydrogen) atoms. The van der Waals surface area contributed by atoms with Gasteiger partial charge in [0.05, 0.1) is 5.52 Å². The van der Waals surface area contributed by atoms with Crippen molar-refractivity contribution in [1.29, 1.82) is 0 Å². The highest BCUT2D eigenvalue weighted by molar-refractivity contribution is 5.81. The summed E-state index contributed by atoms with van der Waals surface area (Å²) in [6, 6.07) is 8.43. The molecule has 0 atom stereocenters. The molecule has 5 rings (SSSR count). The van der Waals surface area contributed by atoms with Gasteiger partial charge in [0.1, 0.15) is 18.5 Å². The molecule has 1 aromatic carbocycles. The van der Waals surface area contributed by atoms with E-state index < -0.39 is 0 Å². The summed E-state index contributed by atoms with van der Waals surface area (Å²) in [5.74, 6) is 1.70. The summed E-state index contributed by atoms with van der Waals surface area (Å²) in [6.07, 6.45) is 5.00. The van der Waals surface area contributed by atoms with Crippen LogP contribution in [0.25, 0.3) is 16.7 Å². The van der Waals surface area contributed by atoms with Gasteiger partial charge >= 0.3 is 0 Å². The molecule has 1 saturated heterocycles. The predicted molar refractivity (Wildman–Crippen MR) is 99.5 cm³/mol. The van der Waals surface area contributed by atoms with E-state index in [4.69, 9.17) is 0 Å². The second-order valence-electron chi connectivity index (χ2n) is 6.47. The van der Waals surface area contributed by atoms with Crippen molar-refractivity contribution < 1.29 is 0 Å². The van der Waals surface area contributed by atoms with Gasteiger partial charge in [-0.05, 0) is 25.1 Å². The van der Waals surface area contributed by atoms with Crippen LogP contribution in [0, 0.1) is 6.92 Å². The van der Waals surface area contributed by atoms with Crippen LogP contribution >= 0.6 is 0 Å². The van der Waals surface area contributed by atoms with Gasteiger partial charge < -0.3 is 9.80 Å². The molecule has 8 heteroatoms. The van der Waals surface area contributed by atoms with Gasteiger partial charge in [0.25, 0.3) is 5.78 Å². The van der Waals surface area contributed by atoms with Crippen molar-refractivity contribution >= 4 is 28.2 Å². The van der Waals surface area contributed by atoms with E-state index in [-0.39, 0.29) is 0 Å². The summed E-state index contributed by atoms with van der Waals surface area (Å²) < 4.78 is 1.82. The van der Waals surface area contributed by atoms with E-state index in [0.717, 1.165) is 48.6 Å². The quantitative estimate of drug-likeness (QED) is 0.547. The van der Waals surface area contributed by atoms with E-state index in [1.54, 1.807) is 12.7 Å². The third kappa shape index (κ3) is 2.50. The third-order valence-corrected chi connectivity index (χ3v) is 4.82. The summed E-state index contributed by atoms with van der Waals surface area (Å²) in [7, 11) is 0. The van der Waals surface area contributed by atoms with Crippen LogP contribution in [0.2, 0.25) is 0 Å². The molecule has 1 fully saturated rings. The maximum absolute atomic E-state index is 4.42. The highest BCUT2D eigenvalue weighted by Crippen LogP contribution is 2.23. The van der Waals surface area contributed by atoms with Gasteiger partial charge in [0.2, 0.25) is 0 Å². The van der Waals surface area contributed by atoms with Gasteiger partial charge in [0, 0.05) is 55.2 Å². The van der Waals surface area contributed by atoms with Crippen LogP contribution in [-0.4, -0.2) is 55.7 Å². The van der Waals surface area contributed by atoms with E-state index in [9.17, 15) is 0 Å². The molecule has 1 aliphatic rings. The first-order valence-electron chi connectivity index (χ1n) is 8.65. The maximum Gasteiger partial charge on any atom is 0.254 e. The molecule has 0 saturated carbocycles. The zero-order chi connectivity index (χ0) is 17.5. The fourth-order valence-corrected chi connectivity index (χ4v) is 3.50. The minimum atomic E-state index is 0.650. The second-order valence-corrected chi connectivity index (χ2v) is 6.47. The lowest BCUT2D eigenvalue weighted by Gasteiger charge is -2.37. The fourth-order valence-electron chi connectivity index (χ4n) is 3.50. The van der Waals surface area contributed by atoms with E-state index in [0.29, 0.717) is 5.78 Å². The zero-order valence-electron chi connectivity index (χ0n) is 14.4. The number of piperazine rings is 1. The minimum Gasteiger partial charge on any atom is -0.368 e. The largest absolute Gasteiger partial charge is 0.368 e. The summed E-state index contributed by atoms with van der Waals surface area (Å²) >= 11 is 0. The first-order valence-corrected chi connectivity index (χ1v) is 8.65. The monoisotopic (exact) mass is 346 g/mol. The van der Waals surface area contributed by atoms with Gasteiger partial charge in [-0.1, -0.05) is 0 Å². The Hall–Kier alpha value is -3.29. The van der Waals surface area contributed by atoms with Crippen molar-refractivity contribution in [3.63, 3.8) is 0 Å². The van der Waals surface area contributed by atoms with E-state index in [1.165, 1.54) is 5.69 Å². The van der Waals surface area contributed by atoms with Crippen molar-refractivity contribution in [3.05, 3.63) is 48.8 Å². The van der Waals surface area contributed by atoms with E-state index >= 15 is 0 Å². The fraction of sp³-hybridized carbons (Fsp3) is 0.278. The minimum absolute atomic E-state index is 0.650. The molecule has 0 spiro atoms. The van der Waals surface area contributed by atoms with Crippen LogP contribution in [0.3, 0.4) is 0 Å². The molecule has 1 aliphatic heterocycles. The Bertz CT molecular complexity index is 1080. The number of hydrogen-bond donors (Lipinski definition) is 0. The van der Waals surface area contributed by atoms with E-state index in [1.807, 2.05) is 17.6 Å². The molecular formula is C18H18N8. The van der Waals surface area contributed by atoms with Crippen LogP contribution in [0.4, 0.5) is 11.5 Å².